The van der Waals surface area contributed by atoms with Crippen molar-refractivity contribution >= 4 is 11.9 Å². The number of hydrogen-bond donors (Lipinski definition) is 1. The van der Waals surface area contributed by atoms with E-state index in [-0.39, 0.29) is 11.9 Å². The predicted octanol–water partition coefficient (Wildman–Crippen LogP) is 0.0230. The normalized spacial score (nSPS) is 17.9. The van der Waals surface area contributed by atoms with Crippen molar-refractivity contribution in [1.29, 1.82) is 0 Å². The van der Waals surface area contributed by atoms with Gasteiger partial charge in [0.15, 0.2) is 0 Å². The van der Waals surface area contributed by atoms with Crippen LogP contribution in [0.2, 0.25) is 0 Å². The third kappa shape index (κ3) is 2.72. The summed E-state index contributed by atoms with van der Waals surface area (Å²) in [6.07, 6.45) is 3.42. The summed E-state index contributed by atoms with van der Waals surface area (Å²) >= 11 is 0. The Labute approximate surface area is 100 Å². The minimum absolute atomic E-state index is 0.118. The summed E-state index contributed by atoms with van der Waals surface area (Å²) in [5.41, 5.74) is 0. The van der Waals surface area contributed by atoms with E-state index in [1.165, 1.54) is 11.1 Å². The van der Waals surface area contributed by atoms with Gasteiger partial charge in [0.25, 0.3) is 0 Å². The number of aryl methyl sites for hydroxylation is 1. The van der Waals surface area contributed by atoms with Crippen molar-refractivity contribution < 1.29 is 4.79 Å². The zero-order valence-electron chi connectivity index (χ0n) is 10.3. The van der Waals surface area contributed by atoms with Gasteiger partial charge >= 0.3 is 0 Å². The average Bonchev–Trinajstić information content (AvgIpc) is 2.75. The van der Waals surface area contributed by atoms with Gasteiger partial charge in [-0.2, -0.15) is 0 Å². The van der Waals surface area contributed by atoms with E-state index in [4.69, 9.17) is 0 Å². The van der Waals surface area contributed by atoms with Crippen LogP contribution in [0.3, 0.4) is 0 Å². The van der Waals surface area contributed by atoms with Crippen molar-refractivity contribution in [3.05, 3.63) is 0 Å². The summed E-state index contributed by atoms with van der Waals surface area (Å²) in [5.74, 6) is 0.635. The van der Waals surface area contributed by atoms with Crippen LogP contribution < -0.4 is 5.32 Å². The number of carbonyl (C=O) groups excluding carboxylic acids is 1. The number of hydrogen-bond acceptors (Lipinski definition) is 5. The van der Waals surface area contributed by atoms with Crippen molar-refractivity contribution in [1.82, 2.24) is 25.1 Å². The zero-order chi connectivity index (χ0) is 12.3. The molecule has 1 unspecified atom stereocenters. The molecule has 7 heteroatoms. The molecule has 17 heavy (non-hydrogen) atoms. The summed E-state index contributed by atoms with van der Waals surface area (Å²) in [5, 5.41) is 14.1. The lowest BCUT2D eigenvalue weighted by molar-refractivity contribution is -0.132. The summed E-state index contributed by atoms with van der Waals surface area (Å²) < 4.78 is 1.51. The Kier molecular flexibility index (Phi) is 3.55. The molecule has 1 fully saturated rings. The number of rotatable bonds is 3. The number of piperidine rings is 1. The molecule has 1 aliphatic heterocycles. The Hall–Kier alpha value is -1.66. The lowest BCUT2D eigenvalue weighted by Crippen LogP contribution is -2.44. The number of amides is 1. The molecule has 2 heterocycles. The van der Waals surface area contributed by atoms with Gasteiger partial charge < -0.3 is 10.2 Å². The van der Waals surface area contributed by atoms with E-state index in [9.17, 15) is 4.79 Å². The summed E-state index contributed by atoms with van der Waals surface area (Å²) in [7, 11) is 1.74. The maximum Gasteiger partial charge on any atom is 0.244 e. The lowest BCUT2D eigenvalue weighted by Gasteiger charge is -2.29. The van der Waals surface area contributed by atoms with Crippen LogP contribution >= 0.6 is 0 Å². The van der Waals surface area contributed by atoms with Gasteiger partial charge in [-0.1, -0.05) is 5.10 Å². The molecule has 1 N–H and O–H groups in total. The molecular formula is C10H18N6O. The van der Waals surface area contributed by atoms with Gasteiger partial charge in [-0.15, -0.1) is 0 Å². The number of tetrazole rings is 1. The second-order valence-electron chi connectivity index (χ2n) is 4.38. The Bertz CT molecular complexity index is 384. The van der Waals surface area contributed by atoms with Crippen molar-refractivity contribution in [3.63, 3.8) is 0 Å². The molecule has 2 rings (SSSR count). The van der Waals surface area contributed by atoms with Crippen LogP contribution in [0.4, 0.5) is 5.95 Å². The Morgan fingerprint density at radius 1 is 1.35 bits per heavy atom. The molecule has 0 spiro atoms. The number of aromatic nitrogens is 4. The molecule has 0 radical (unpaired) electrons. The van der Waals surface area contributed by atoms with Gasteiger partial charge in [0.1, 0.15) is 6.04 Å². The van der Waals surface area contributed by atoms with E-state index in [0.717, 1.165) is 25.9 Å². The fraction of sp³-hybridized carbons (Fsp3) is 0.800. The molecule has 7 nitrogen and oxygen atoms in total. The highest BCUT2D eigenvalue weighted by atomic mass is 16.2. The van der Waals surface area contributed by atoms with Gasteiger partial charge in [-0.05, 0) is 36.6 Å². The topological polar surface area (TPSA) is 75.9 Å². The van der Waals surface area contributed by atoms with Gasteiger partial charge in [0.05, 0.1) is 0 Å². The molecule has 0 bridgehead atoms. The van der Waals surface area contributed by atoms with Crippen molar-refractivity contribution in [2.24, 2.45) is 7.05 Å². The van der Waals surface area contributed by atoms with Crippen LogP contribution in [0.5, 0.6) is 0 Å². The fourth-order valence-electron chi connectivity index (χ4n) is 2.00. The fourth-order valence-corrected chi connectivity index (χ4v) is 2.00. The molecule has 1 aromatic heterocycles. The Balaban J connectivity index is 1.93. The summed E-state index contributed by atoms with van der Waals surface area (Å²) in [6.45, 7) is 3.56. The second-order valence-corrected chi connectivity index (χ2v) is 4.38. The SMILES string of the molecule is CC(Nc1nnnn1C)C(=O)N1CCCCC1. The molecule has 1 aliphatic rings. The van der Waals surface area contributed by atoms with E-state index >= 15 is 0 Å². The van der Waals surface area contributed by atoms with E-state index in [1.807, 2.05) is 11.8 Å². The first-order valence-corrected chi connectivity index (χ1v) is 5.96. The van der Waals surface area contributed by atoms with Crippen molar-refractivity contribution in [3.8, 4) is 0 Å². The molecular weight excluding hydrogens is 220 g/mol. The largest absolute Gasteiger partial charge is 0.342 e. The molecule has 94 valence electrons. The second kappa shape index (κ2) is 5.11. The number of nitrogens with one attached hydrogen (secondary N) is 1. The molecule has 1 amide bonds. The summed E-state index contributed by atoms with van der Waals surface area (Å²) in [4.78, 5) is 14.0. The van der Waals surface area contributed by atoms with Crippen LogP contribution in [0.25, 0.3) is 0 Å². The monoisotopic (exact) mass is 238 g/mol. The highest BCUT2D eigenvalue weighted by Gasteiger charge is 2.22. The average molecular weight is 238 g/mol. The molecule has 0 aliphatic carbocycles. The Morgan fingerprint density at radius 2 is 2.06 bits per heavy atom. The first-order valence-electron chi connectivity index (χ1n) is 5.96. The van der Waals surface area contributed by atoms with Gasteiger partial charge in [0, 0.05) is 20.1 Å². The van der Waals surface area contributed by atoms with Gasteiger partial charge in [0.2, 0.25) is 11.9 Å². The van der Waals surface area contributed by atoms with E-state index < -0.39 is 0 Å². The third-order valence-electron chi connectivity index (χ3n) is 3.00. The maximum atomic E-state index is 12.1. The standard InChI is InChI=1S/C10H18N6O/c1-8(11-10-12-13-14-15(10)2)9(17)16-6-4-3-5-7-16/h8H,3-7H2,1-2H3,(H,11,12,14). The molecule has 0 aromatic carbocycles. The minimum atomic E-state index is -0.294. The predicted molar refractivity (Wildman–Crippen MR) is 62.3 cm³/mol. The number of carbonyl (C=O) groups is 1. The van der Waals surface area contributed by atoms with E-state index in [0.29, 0.717) is 5.95 Å². The van der Waals surface area contributed by atoms with Crippen LogP contribution in [0.1, 0.15) is 26.2 Å². The zero-order valence-corrected chi connectivity index (χ0v) is 10.3. The van der Waals surface area contributed by atoms with Crippen LogP contribution in [-0.4, -0.2) is 50.1 Å². The summed E-state index contributed by atoms with van der Waals surface area (Å²) in [6, 6.07) is -0.294. The van der Waals surface area contributed by atoms with Gasteiger partial charge in [-0.25, -0.2) is 4.68 Å². The number of anilines is 1. The van der Waals surface area contributed by atoms with Crippen molar-refractivity contribution in [2.75, 3.05) is 18.4 Å². The van der Waals surface area contributed by atoms with Crippen LogP contribution in [-0.2, 0) is 11.8 Å². The number of nitrogens with zero attached hydrogens (tertiary/aromatic N) is 5. The highest BCUT2D eigenvalue weighted by molar-refractivity contribution is 5.83. The van der Waals surface area contributed by atoms with Crippen molar-refractivity contribution in [2.45, 2.75) is 32.2 Å². The smallest absolute Gasteiger partial charge is 0.244 e. The molecule has 1 atom stereocenters. The van der Waals surface area contributed by atoms with E-state index in [2.05, 4.69) is 20.8 Å². The molecule has 1 saturated heterocycles. The lowest BCUT2D eigenvalue weighted by atomic mass is 10.1. The highest BCUT2D eigenvalue weighted by Crippen LogP contribution is 2.11. The first-order chi connectivity index (χ1) is 8.18. The van der Waals surface area contributed by atoms with Crippen LogP contribution in [0, 0.1) is 0 Å². The van der Waals surface area contributed by atoms with E-state index in [1.54, 1.807) is 7.05 Å². The third-order valence-corrected chi connectivity index (χ3v) is 3.00. The van der Waals surface area contributed by atoms with Crippen LogP contribution in [0.15, 0.2) is 0 Å². The quantitative estimate of drug-likeness (QED) is 0.803. The molecule has 0 saturated carbocycles. The maximum absolute atomic E-state index is 12.1. The molecule has 1 aromatic rings. The minimum Gasteiger partial charge on any atom is -0.342 e. The van der Waals surface area contributed by atoms with Gasteiger partial charge in [-0.3, -0.25) is 4.79 Å². The Morgan fingerprint density at radius 3 is 2.65 bits per heavy atom. The first kappa shape index (κ1) is 11.8. The number of likely N-dealkylation sites (tertiary alicyclic amines) is 1.